The second-order valence-corrected chi connectivity index (χ2v) is 8.92. The summed E-state index contributed by atoms with van der Waals surface area (Å²) in [6.07, 6.45) is 0.294. The van der Waals surface area contributed by atoms with Crippen LogP contribution in [0.1, 0.15) is 60.6 Å². The summed E-state index contributed by atoms with van der Waals surface area (Å²) in [5.41, 5.74) is 1.81. The van der Waals surface area contributed by atoms with Crippen LogP contribution in [-0.4, -0.2) is 40.4 Å². The van der Waals surface area contributed by atoms with Crippen molar-refractivity contribution in [3.63, 3.8) is 0 Å². The number of carbonyl (C=O) groups is 5. The van der Waals surface area contributed by atoms with E-state index in [9.17, 15) is 24.0 Å². The van der Waals surface area contributed by atoms with E-state index < -0.39 is 35.5 Å². The smallest absolute Gasteiger partial charge is 0.255 e. The summed E-state index contributed by atoms with van der Waals surface area (Å²) in [4.78, 5) is 62.9. The molecule has 1 unspecified atom stereocenters. The number of carbonyl (C=O) groups excluding carboxylic acids is 5. The van der Waals surface area contributed by atoms with E-state index in [2.05, 4.69) is 10.6 Å². The van der Waals surface area contributed by atoms with Crippen LogP contribution in [0.3, 0.4) is 0 Å². The molecule has 0 aliphatic carbocycles. The van der Waals surface area contributed by atoms with E-state index in [1.165, 1.54) is 29.2 Å². The number of amides is 4. The van der Waals surface area contributed by atoms with Gasteiger partial charge in [0.2, 0.25) is 11.8 Å². The van der Waals surface area contributed by atoms with Crippen LogP contribution in [-0.2, 0) is 22.7 Å². The van der Waals surface area contributed by atoms with Gasteiger partial charge in [0, 0.05) is 46.3 Å². The Morgan fingerprint density at radius 1 is 0.919 bits per heavy atom. The average Bonchev–Trinajstić information content (AvgIpc) is 3.25. The predicted octanol–water partition coefficient (Wildman–Crippen LogP) is 2.75. The lowest BCUT2D eigenvalue weighted by atomic mass is 10.0. The van der Waals surface area contributed by atoms with Gasteiger partial charge >= 0.3 is 0 Å². The van der Waals surface area contributed by atoms with E-state index in [1.54, 1.807) is 36.4 Å². The Bertz CT molecular complexity index is 1440. The molecule has 2 N–H and O–H groups in total. The highest BCUT2D eigenvalue weighted by Crippen LogP contribution is 2.30. The first-order valence-electron chi connectivity index (χ1n) is 11.8. The molecular formula is C28H22FN3O5. The number of nitrogens with one attached hydrogen (secondary N) is 2. The van der Waals surface area contributed by atoms with Crippen molar-refractivity contribution in [2.75, 3.05) is 0 Å². The number of hydrogen-bond acceptors (Lipinski definition) is 5. The minimum Gasteiger partial charge on any atom is -0.348 e. The number of rotatable bonds is 6. The van der Waals surface area contributed by atoms with Gasteiger partial charge in [0.15, 0.2) is 5.78 Å². The molecule has 3 aromatic carbocycles. The van der Waals surface area contributed by atoms with Gasteiger partial charge in [-0.3, -0.25) is 29.3 Å². The number of piperidine rings is 1. The van der Waals surface area contributed by atoms with Crippen molar-refractivity contribution >= 4 is 29.4 Å². The molecule has 0 saturated carbocycles. The molecule has 0 radical (unpaired) electrons. The SMILES string of the molecule is O=C1CCC(N2Cc3c(ccc(CNC(=O)c4ccc(C(=O)c5ccccc5)cc4)c3F)C2=O)C(=O)N1. The third kappa shape index (κ3) is 4.63. The van der Waals surface area contributed by atoms with Crippen LogP contribution >= 0.6 is 0 Å². The highest BCUT2D eigenvalue weighted by molar-refractivity contribution is 6.09. The van der Waals surface area contributed by atoms with Crippen molar-refractivity contribution in [3.05, 3.63) is 106 Å². The van der Waals surface area contributed by atoms with Crippen molar-refractivity contribution in [3.8, 4) is 0 Å². The van der Waals surface area contributed by atoms with Gasteiger partial charge in [-0.25, -0.2) is 4.39 Å². The summed E-state index contributed by atoms with van der Waals surface area (Å²) in [5, 5.41) is 4.88. The molecular weight excluding hydrogens is 477 g/mol. The number of imide groups is 1. The van der Waals surface area contributed by atoms with E-state index in [-0.39, 0.29) is 48.4 Å². The molecule has 4 amide bonds. The Morgan fingerprint density at radius 2 is 1.59 bits per heavy atom. The van der Waals surface area contributed by atoms with Crippen LogP contribution < -0.4 is 10.6 Å². The fourth-order valence-electron chi connectivity index (χ4n) is 4.60. The number of ketones is 1. The van der Waals surface area contributed by atoms with Crippen molar-refractivity contribution in [2.45, 2.75) is 32.0 Å². The van der Waals surface area contributed by atoms with Crippen molar-refractivity contribution in [1.29, 1.82) is 0 Å². The molecule has 5 rings (SSSR count). The number of nitrogens with zero attached hydrogens (tertiary/aromatic N) is 1. The largest absolute Gasteiger partial charge is 0.348 e. The first kappa shape index (κ1) is 24.1. The van der Waals surface area contributed by atoms with Crippen molar-refractivity contribution in [1.82, 2.24) is 15.5 Å². The zero-order chi connectivity index (χ0) is 26.1. The van der Waals surface area contributed by atoms with Crippen LogP contribution in [0, 0.1) is 5.82 Å². The molecule has 1 fully saturated rings. The minimum absolute atomic E-state index is 0.0923. The first-order valence-corrected chi connectivity index (χ1v) is 11.8. The topological polar surface area (TPSA) is 113 Å². The first-order chi connectivity index (χ1) is 17.8. The summed E-state index contributed by atoms with van der Waals surface area (Å²) in [6, 6.07) is 17.1. The Balaban J connectivity index is 1.25. The lowest BCUT2D eigenvalue weighted by molar-refractivity contribution is -0.136. The van der Waals surface area contributed by atoms with Crippen LogP contribution in [0.4, 0.5) is 4.39 Å². The van der Waals surface area contributed by atoms with Crippen LogP contribution in [0.2, 0.25) is 0 Å². The van der Waals surface area contributed by atoms with E-state index >= 15 is 4.39 Å². The Labute approximate surface area is 211 Å². The number of hydrogen-bond donors (Lipinski definition) is 2. The summed E-state index contributed by atoms with van der Waals surface area (Å²) in [5.74, 6) is -2.66. The second-order valence-electron chi connectivity index (χ2n) is 8.92. The third-order valence-electron chi connectivity index (χ3n) is 6.61. The molecule has 2 heterocycles. The predicted molar refractivity (Wildman–Crippen MR) is 130 cm³/mol. The summed E-state index contributed by atoms with van der Waals surface area (Å²) < 4.78 is 15.3. The number of benzene rings is 3. The van der Waals surface area contributed by atoms with E-state index in [0.717, 1.165) is 0 Å². The van der Waals surface area contributed by atoms with Crippen LogP contribution in [0.15, 0.2) is 66.7 Å². The zero-order valence-corrected chi connectivity index (χ0v) is 19.6. The number of fused-ring (bicyclic) bond motifs is 1. The van der Waals surface area contributed by atoms with Gasteiger partial charge in [-0.15, -0.1) is 0 Å². The highest BCUT2D eigenvalue weighted by Gasteiger charge is 2.40. The lowest BCUT2D eigenvalue weighted by Gasteiger charge is -2.29. The molecule has 9 heteroatoms. The quantitative estimate of drug-likeness (QED) is 0.400. The summed E-state index contributed by atoms with van der Waals surface area (Å²) in [7, 11) is 0. The normalized spacial score (nSPS) is 16.8. The Hall–Kier alpha value is -4.66. The Kier molecular flexibility index (Phi) is 6.35. The van der Waals surface area contributed by atoms with E-state index in [1.807, 2.05) is 6.07 Å². The van der Waals surface area contributed by atoms with Gasteiger partial charge in [-0.2, -0.15) is 0 Å². The number of halogens is 1. The lowest BCUT2D eigenvalue weighted by Crippen LogP contribution is -2.52. The van der Waals surface area contributed by atoms with Crippen molar-refractivity contribution < 1.29 is 28.4 Å². The monoisotopic (exact) mass is 499 g/mol. The Morgan fingerprint density at radius 3 is 2.30 bits per heavy atom. The molecule has 0 spiro atoms. The molecule has 0 aromatic heterocycles. The highest BCUT2D eigenvalue weighted by atomic mass is 19.1. The molecule has 2 aliphatic heterocycles. The maximum atomic E-state index is 15.3. The van der Waals surface area contributed by atoms with Gasteiger partial charge in [-0.1, -0.05) is 48.5 Å². The molecule has 37 heavy (non-hydrogen) atoms. The average molecular weight is 499 g/mol. The summed E-state index contributed by atoms with van der Waals surface area (Å²) in [6.45, 7) is -0.208. The maximum absolute atomic E-state index is 15.3. The van der Waals surface area contributed by atoms with Crippen LogP contribution in [0.5, 0.6) is 0 Å². The molecule has 0 bridgehead atoms. The zero-order valence-electron chi connectivity index (χ0n) is 19.6. The van der Waals surface area contributed by atoms with E-state index in [4.69, 9.17) is 0 Å². The van der Waals surface area contributed by atoms with Gasteiger partial charge in [-0.05, 0) is 24.6 Å². The van der Waals surface area contributed by atoms with Gasteiger partial charge in [0.25, 0.3) is 11.8 Å². The molecule has 3 aromatic rings. The van der Waals surface area contributed by atoms with Crippen LogP contribution in [0.25, 0.3) is 0 Å². The molecule has 8 nitrogen and oxygen atoms in total. The third-order valence-corrected chi connectivity index (χ3v) is 6.61. The molecule has 1 atom stereocenters. The summed E-state index contributed by atoms with van der Waals surface area (Å²) >= 11 is 0. The maximum Gasteiger partial charge on any atom is 0.255 e. The van der Waals surface area contributed by atoms with Gasteiger partial charge in [0.1, 0.15) is 11.9 Å². The van der Waals surface area contributed by atoms with Crippen molar-refractivity contribution in [2.24, 2.45) is 0 Å². The minimum atomic E-state index is -0.836. The van der Waals surface area contributed by atoms with E-state index in [0.29, 0.717) is 16.7 Å². The van der Waals surface area contributed by atoms with Gasteiger partial charge < -0.3 is 10.2 Å². The molecule has 186 valence electrons. The fourth-order valence-corrected chi connectivity index (χ4v) is 4.60. The fraction of sp³-hybridized carbons (Fsp3) is 0.179. The second kappa shape index (κ2) is 9.77. The molecule has 2 aliphatic rings. The van der Waals surface area contributed by atoms with Gasteiger partial charge in [0.05, 0.1) is 6.54 Å². The standard InChI is InChI=1S/C28H22FN3O5/c29-24-19(10-11-20-21(24)15-32(28(20)37)22-12-13-23(33)31-27(22)36)14-30-26(35)18-8-6-17(7-9-18)25(34)16-4-2-1-3-5-16/h1-11,22H,12-15H2,(H,30,35)(H,31,33,36). The molecule has 1 saturated heterocycles.